The molecule has 2 aromatic carbocycles. The van der Waals surface area contributed by atoms with Crippen LogP contribution in [0.1, 0.15) is 11.1 Å². The maximum absolute atomic E-state index is 9.67. The van der Waals surface area contributed by atoms with Gasteiger partial charge in [0, 0.05) is 5.69 Å². The number of hydrogen-bond acceptors (Lipinski definition) is 4. The van der Waals surface area contributed by atoms with Crippen LogP contribution < -0.4 is 15.5 Å². The number of methoxy groups -OCH3 is 1. The van der Waals surface area contributed by atoms with Crippen LogP contribution in [0.5, 0.6) is 11.5 Å². The average molecular weight is 315 g/mol. The molecule has 6 heteroatoms. The van der Waals surface area contributed by atoms with Crippen molar-refractivity contribution in [2.24, 2.45) is 5.10 Å². The number of hydrazone groups is 1. The second-order valence-corrected chi connectivity index (χ2v) is 5.03. The van der Waals surface area contributed by atoms with Gasteiger partial charge in [-0.15, -0.1) is 0 Å². The number of phenolic OH excluding ortho intramolecular Hbond substituents is 1. The topological polar surface area (TPSA) is 65.9 Å². The second kappa shape index (κ2) is 7.42. The molecule has 0 fully saturated rings. The molecule has 2 aromatic rings. The first-order valence-corrected chi connectivity index (χ1v) is 7.03. The van der Waals surface area contributed by atoms with E-state index in [9.17, 15) is 5.11 Å². The van der Waals surface area contributed by atoms with Gasteiger partial charge in [-0.3, -0.25) is 5.43 Å². The van der Waals surface area contributed by atoms with Crippen molar-refractivity contribution in [3.63, 3.8) is 0 Å². The molecule has 0 aromatic heterocycles. The van der Waals surface area contributed by atoms with Gasteiger partial charge in [0.1, 0.15) is 0 Å². The van der Waals surface area contributed by atoms with E-state index in [0.29, 0.717) is 10.9 Å². The zero-order valence-electron chi connectivity index (χ0n) is 12.3. The lowest BCUT2D eigenvalue weighted by Crippen LogP contribution is -2.23. The monoisotopic (exact) mass is 315 g/mol. The smallest absolute Gasteiger partial charge is 0.191 e. The molecular formula is C16H17N3O2S. The van der Waals surface area contributed by atoms with Crippen LogP contribution in [0.3, 0.4) is 0 Å². The Morgan fingerprint density at radius 3 is 2.59 bits per heavy atom. The molecule has 0 spiro atoms. The van der Waals surface area contributed by atoms with Crippen LogP contribution in [-0.2, 0) is 0 Å². The van der Waals surface area contributed by atoms with E-state index < -0.39 is 0 Å². The molecule has 22 heavy (non-hydrogen) atoms. The van der Waals surface area contributed by atoms with Crippen LogP contribution in [0, 0.1) is 6.92 Å². The first-order valence-electron chi connectivity index (χ1n) is 6.62. The lowest BCUT2D eigenvalue weighted by atomic mass is 10.2. The van der Waals surface area contributed by atoms with Gasteiger partial charge < -0.3 is 15.2 Å². The molecular weight excluding hydrogens is 298 g/mol. The molecule has 0 bridgehead atoms. The van der Waals surface area contributed by atoms with Crippen LogP contribution in [-0.4, -0.2) is 23.5 Å². The fourth-order valence-corrected chi connectivity index (χ4v) is 1.92. The van der Waals surface area contributed by atoms with Crippen molar-refractivity contribution in [2.45, 2.75) is 6.92 Å². The van der Waals surface area contributed by atoms with Gasteiger partial charge in [-0.25, -0.2) is 0 Å². The maximum atomic E-state index is 9.67. The fraction of sp³-hybridized carbons (Fsp3) is 0.125. The molecule has 114 valence electrons. The largest absolute Gasteiger partial charge is 0.504 e. The summed E-state index contributed by atoms with van der Waals surface area (Å²) < 4.78 is 4.98. The van der Waals surface area contributed by atoms with Gasteiger partial charge >= 0.3 is 0 Å². The molecule has 0 amide bonds. The number of hydrogen-bond donors (Lipinski definition) is 3. The summed E-state index contributed by atoms with van der Waals surface area (Å²) in [6, 6.07) is 12.9. The number of benzene rings is 2. The quantitative estimate of drug-likeness (QED) is 0.460. The summed E-state index contributed by atoms with van der Waals surface area (Å²) in [7, 11) is 1.50. The summed E-state index contributed by atoms with van der Waals surface area (Å²) in [5.74, 6) is 0.480. The standard InChI is InChI=1S/C16H17N3O2S/c1-11-3-6-13(7-4-11)18-16(22)19-17-10-12-5-8-15(21-2)14(20)9-12/h3-10,20H,1-2H3,(H2,18,19,22). The van der Waals surface area contributed by atoms with E-state index in [4.69, 9.17) is 17.0 Å². The van der Waals surface area contributed by atoms with Gasteiger partial charge in [-0.2, -0.15) is 5.10 Å². The van der Waals surface area contributed by atoms with Gasteiger partial charge in [0.25, 0.3) is 0 Å². The van der Waals surface area contributed by atoms with Crippen molar-refractivity contribution in [3.8, 4) is 11.5 Å². The van der Waals surface area contributed by atoms with Crippen molar-refractivity contribution in [2.75, 3.05) is 12.4 Å². The molecule has 0 radical (unpaired) electrons. The molecule has 2 rings (SSSR count). The zero-order valence-corrected chi connectivity index (χ0v) is 13.1. The zero-order chi connectivity index (χ0) is 15.9. The van der Waals surface area contributed by atoms with Crippen molar-refractivity contribution in [1.82, 2.24) is 5.43 Å². The van der Waals surface area contributed by atoms with Crippen molar-refractivity contribution in [3.05, 3.63) is 53.6 Å². The lowest BCUT2D eigenvalue weighted by Gasteiger charge is -2.07. The summed E-state index contributed by atoms with van der Waals surface area (Å²) in [5, 5.41) is 17.1. The van der Waals surface area contributed by atoms with Crippen molar-refractivity contribution < 1.29 is 9.84 Å². The van der Waals surface area contributed by atoms with Crippen LogP contribution in [0.4, 0.5) is 5.69 Å². The fourth-order valence-electron chi connectivity index (χ4n) is 1.75. The highest BCUT2D eigenvalue weighted by molar-refractivity contribution is 7.80. The minimum atomic E-state index is 0.0619. The number of thiocarbonyl (C=S) groups is 1. The van der Waals surface area contributed by atoms with E-state index in [1.165, 1.54) is 12.7 Å². The highest BCUT2D eigenvalue weighted by Crippen LogP contribution is 2.25. The van der Waals surface area contributed by atoms with Gasteiger partial charge in [-0.05, 0) is 55.0 Å². The molecule has 0 unspecified atom stereocenters. The van der Waals surface area contributed by atoms with E-state index in [0.717, 1.165) is 11.3 Å². The summed E-state index contributed by atoms with van der Waals surface area (Å²) in [5.41, 5.74) is 5.52. The molecule has 0 atom stereocenters. The Hall–Kier alpha value is -2.60. The van der Waals surface area contributed by atoms with Gasteiger partial charge in [-0.1, -0.05) is 17.7 Å². The van der Waals surface area contributed by atoms with E-state index in [2.05, 4.69) is 15.8 Å². The average Bonchev–Trinajstić information content (AvgIpc) is 2.50. The Bertz CT molecular complexity index is 684. The van der Waals surface area contributed by atoms with Crippen LogP contribution in [0.25, 0.3) is 0 Å². The summed E-state index contributed by atoms with van der Waals surface area (Å²) in [6.07, 6.45) is 1.56. The van der Waals surface area contributed by atoms with E-state index in [1.54, 1.807) is 24.4 Å². The SMILES string of the molecule is COc1ccc(C=NNC(=S)Nc2ccc(C)cc2)cc1O. The normalized spacial score (nSPS) is 10.5. The van der Waals surface area contributed by atoms with E-state index in [-0.39, 0.29) is 5.75 Å². The minimum absolute atomic E-state index is 0.0619. The molecule has 3 N–H and O–H groups in total. The minimum Gasteiger partial charge on any atom is -0.504 e. The van der Waals surface area contributed by atoms with Crippen molar-refractivity contribution >= 4 is 29.2 Å². The number of nitrogens with one attached hydrogen (secondary N) is 2. The van der Waals surface area contributed by atoms with Gasteiger partial charge in [0.15, 0.2) is 16.6 Å². The molecule has 5 nitrogen and oxygen atoms in total. The first-order chi connectivity index (χ1) is 10.6. The predicted octanol–water partition coefficient (Wildman–Crippen LogP) is 3.03. The maximum Gasteiger partial charge on any atom is 0.191 e. The van der Waals surface area contributed by atoms with E-state index >= 15 is 0 Å². The van der Waals surface area contributed by atoms with Gasteiger partial charge in [0.2, 0.25) is 0 Å². The Kier molecular flexibility index (Phi) is 5.32. The molecule has 0 saturated heterocycles. The Morgan fingerprint density at radius 1 is 1.23 bits per heavy atom. The number of ether oxygens (including phenoxy) is 1. The Balaban J connectivity index is 1.90. The summed E-state index contributed by atoms with van der Waals surface area (Å²) >= 11 is 5.14. The van der Waals surface area contributed by atoms with Crippen LogP contribution in [0.15, 0.2) is 47.6 Å². The number of rotatable bonds is 4. The second-order valence-electron chi connectivity index (χ2n) is 4.62. The summed E-state index contributed by atoms with van der Waals surface area (Å²) in [6.45, 7) is 2.02. The predicted molar refractivity (Wildman–Crippen MR) is 92.8 cm³/mol. The first kappa shape index (κ1) is 15.8. The van der Waals surface area contributed by atoms with Crippen LogP contribution >= 0.6 is 12.2 Å². The van der Waals surface area contributed by atoms with Crippen LogP contribution in [0.2, 0.25) is 0 Å². The summed E-state index contributed by atoms with van der Waals surface area (Å²) in [4.78, 5) is 0. The van der Waals surface area contributed by atoms with Crippen molar-refractivity contribution in [1.29, 1.82) is 0 Å². The number of anilines is 1. The Morgan fingerprint density at radius 2 is 1.95 bits per heavy atom. The number of phenols is 1. The molecule has 0 saturated carbocycles. The highest BCUT2D eigenvalue weighted by Gasteiger charge is 2.00. The molecule has 0 aliphatic heterocycles. The Labute approximate surface area is 134 Å². The number of aryl methyl sites for hydroxylation is 1. The lowest BCUT2D eigenvalue weighted by molar-refractivity contribution is 0.373. The van der Waals surface area contributed by atoms with Gasteiger partial charge in [0.05, 0.1) is 13.3 Å². The third kappa shape index (κ3) is 4.46. The van der Waals surface area contributed by atoms with E-state index in [1.807, 2.05) is 31.2 Å². The number of nitrogens with zero attached hydrogens (tertiary/aromatic N) is 1. The molecule has 0 heterocycles. The molecule has 0 aliphatic rings. The highest BCUT2D eigenvalue weighted by atomic mass is 32.1. The third-order valence-electron chi connectivity index (χ3n) is 2.89. The molecule has 0 aliphatic carbocycles. The third-order valence-corrected chi connectivity index (χ3v) is 3.09. The number of aromatic hydroxyl groups is 1.